The van der Waals surface area contributed by atoms with Gasteiger partial charge < -0.3 is 5.32 Å². The molecule has 1 aromatic rings. The fourth-order valence-corrected chi connectivity index (χ4v) is 2.58. The van der Waals surface area contributed by atoms with Crippen LogP contribution in [0.4, 0.5) is 0 Å². The Morgan fingerprint density at radius 2 is 2.35 bits per heavy atom. The minimum absolute atomic E-state index is 0.141. The van der Waals surface area contributed by atoms with Gasteiger partial charge in [0, 0.05) is 25.7 Å². The number of hydrogen-bond acceptors (Lipinski definition) is 4. The molecule has 7 heteroatoms. The quantitative estimate of drug-likeness (QED) is 0.691. The number of likely N-dealkylation sites (N-methyl/N-ethyl adjacent to an activating group) is 1. The summed E-state index contributed by atoms with van der Waals surface area (Å²) in [5.41, 5.74) is 0.641. The van der Waals surface area contributed by atoms with E-state index in [4.69, 9.17) is 0 Å². The number of nitrogens with one attached hydrogen (secondary N) is 2. The SMILES string of the molecule is C=CCN(C)S(=O)(=O)c1[nH]ncc1CNCC. The Balaban J connectivity index is 2.98. The van der Waals surface area contributed by atoms with Gasteiger partial charge in [0.25, 0.3) is 10.0 Å². The zero-order chi connectivity index (χ0) is 12.9. The van der Waals surface area contributed by atoms with Crippen LogP contribution in [0.3, 0.4) is 0 Å². The lowest BCUT2D eigenvalue weighted by Gasteiger charge is -2.14. The summed E-state index contributed by atoms with van der Waals surface area (Å²) in [6.45, 7) is 6.99. The lowest BCUT2D eigenvalue weighted by atomic mass is 10.3. The zero-order valence-corrected chi connectivity index (χ0v) is 10.9. The van der Waals surface area contributed by atoms with E-state index in [0.29, 0.717) is 12.1 Å². The molecule has 0 aliphatic heterocycles. The summed E-state index contributed by atoms with van der Waals surface area (Å²) >= 11 is 0. The highest BCUT2D eigenvalue weighted by Gasteiger charge is 2.24. The highest BCUT2D eigenvalue weighted by atomic mass is 32.2. The summed E-state index contributed by atoms with van der Waals surface area (Å²) in [5.74, 6) is 0. The number of aromatic nitrogens is 2. The van der Waals surface area contributed by atoms with Crippen molar-refractivity contribution >= 4 is 10.0 Å². The fraction of sp³-hybridized carbons (Fsp3) is 0.500. The third-order valence-electron chi connectivity index (χ3n) is 2.30. The molecular weight excluding hydrogens is 240 g/mol. The van der Waals surface area contributed by atoms with Crippen molar-refractivity contribution in [2.75, 3.05) is 20.1 Å². The second-order valence-electron chi connectivity index (χ2n) is 3.58. The van der Waals surface area contributed by atoms with Crippen molar-refractivity contribution in [2.45, 2.75) is 18.5 Å². The van der Waals surface area contributed by atoms with Crippen molar-refractivity contribution in [1.82, 2.24) is 19.8 Å². The highest BCUT2D eigenvalue weighted by Crippen LogP contribution is 2.15. The molecule has 0 fully saturated rings. The predicted molar refractivity (Wildman–Crippen MR) is 66.0 cm³/mol. The maximum absolute atomic E-state index is 12.1. The van der Waals surface area contributed by atoms with Gasteiger partial charge in [-0.1, -0.05) is 13.0 Å². The van der Waals surface area contributed by atoms with Crippen LogP contribution in [0.2, 0.25) is 0 Å². The fourth-order valence-electron chi connectivity index (χ4n) is 1.34. The van der Waals surface area contributed by atoms with Gasteiger partial charge >= 0.3 is 0 Å². The predicted octanol–water partition coefficient (Wildman–Crippen LogP) is 0.326. The third-order valence-corrected chi connectivity index (χ3v) is 4.14. The van der Waals surface area contributed by atoms with Crippen LogP contribution in [0.15, 0.2) is 23.9 Å². The normalized spacial score (nSPS) is 11.9. The number of aromatic amines is 1. The van der Waals surface area contributed by atoms with Crippen LogP contribution in [0.1, 0.15) is 12.5 Å². The van der Waals surface area contributed by atoms with E-state index in [1.54, 1.807) is 0 Å². The van der Waals surface area contributed by atoms with Crippen molar-refractivity contribution in [2.24, 2.45) is 0 Å². The molecule has 1 rings (SSSR count). The molecule has 0 unspecified atom stereocenters. The zero-order valence-electron chi connectivity index (χ0n) is 10.1. The van der Waals surface area contributed by atoms with Crippen LogP contribution in [-0.2, 0) is 16.6 Å². The molecule has 2 N–H and O–H groups in total. The number of H-pyrrole nitrogens is 1. The molecule has 0 bridgehead atoms. The van der Waals surface area contributed by atoms with E-state index >= 15 is 0 Å². The van der Waals surface area contributed by atoms with Crippen LogP contribution in [-0.4, -0.2) is 43.1 Å². The van der Waals surface area contributed by atoms with Crippen LogP contribution in [0.25, 0.3) is 0 Å². The van der Waals surface area contributed by atoms with E-state index in [1.807, 2.05) is 6.92 Å². The smallest absolute Gasteiger partial charge is 0.260 e. The monoisotopic (exact) mass is 258 g/mol. The molecule has 96 valence electrons. The molecule has 0 saturated carbocycles. The van der Waals surface area contributed by atoms with Gasteiger partial charge in [-0.15, -0.1) is 6.58 Å². The molecule has 0 spiro atoms. The summed E-state index contributed by atoms with van der Waals surface area (Å²) < 4.78 is 25.5. The molecule has 0 atom stereocenters. The van der Waals surface area contributed by atoms with Crippen molar-refractivity contribution in [1.29, 1.82) is 0 Å². The van der Waals surface area contributed by atoms with Crippen LogP contribution in [0, 0.1) is 0 Å². The molecule has 17 heavy (non-hydrogen) atoms. The lowest BCUT2D eigenvalue weighted by Crippen LogP contribution is -2.28. The van der Waals surface area contributed by atoms with Crippen molar-refractivity contribution in [3.63, 3.8) is 0 Å². The number of nitrogens with zero attached hydrogens (tertiary/aromatic N) is 2. The minimum Gasteiger partial charge on any atom is -0.313 e. The first kappa shape index (κ1) is 13.9. The standard InChI is InChI=1S/C10H18N4O2S/c1-4-6-14(3)17(15,16)10-9(7-11-5-2)8-12-13-10/h4,8,11H,1,5-7H2,2-3H3,(H,12,13). The summed E-state index contributed by atoms with van der Waals surface area (Å²) in [7, 11) is -2.01. The topological polar surface area (TPSA) is 78.1 Å². The Labute approximate surface area is 102 Å². The Hall–Kier alpha value is -1.18. The molecule has 1 heterocycles. The van der Waals surface area contributed by atoms with Gasteiger partial charge in [-0.05, 0) is 6.54 Å². The van der Waals surface area contributed by atoms with Gasteiger partial charge in [-0.25, -0.2) is 8.42 Å². The number of sulfonamides is 1. The average Bonchev–Trinajstić information content (AvgIpc) is 2.75. The van der Waals surface area contributed by atoms with Crippen molar-refractivity contribution < 1.29 is 8.42 Å². The molecule has 0 aromatic carbocycles. The van der Waals surface area contributed by atoms with Gasteiger partial charge in [0.2, 0.25) is 0 Å². The van der Waals surface area contributed by atoms with Crippen molar-refractivity contribution in [3.8, 4) is 0 Å². The molecule has 1 aromatic heterocycles. The van der Waals surface area contributed by atoms with E-state index in [1.165, 1.54) is 23.6 Å². The molecule has 0 aliphatic carbocycles. The maximum Gasteiger partial charge on any atom is 0.260 e. The van der Waals surface area contributed by atoms with Gasteiger partial charge in [-0.2, -0.15) is 9.40 Å². The molecule has 0 amide bonds. The van der Waals surface area contributed by atoms with Gasteiger partial charge in [0.15, 0.2) is 5.03 Å². The molecule has 0 saturated heterocycles. The lowest BCUT2D eigenvalue weighted by molar-refractivity contribution is 0.494. The molecule has 6 nitrogen and oxygen atoms in total. The molecule has 0 aliphatic rings. The highest BCUT2D eigenvalue weighted by molar-refractivity contribution is 7.89. The van der Waals surface area contributed by atoms with E-state index in [0.717, 1.165) is 6.54 Å². The Bertz CT molecular complexity index is 466. The second kappa shape index (κ2) is 5.95. The van der Waals surface area contributed by atoms with Gasteiger partial charge in [0.1, 0.15) is 0 Å². The average molecular weight is 258 g/mol. The second-order valence-corrected chi connectivity index (χ2v) is 5.56. The Morgan fingerprint density at radius 1 is 1.65 bits per heavy atom. The van der Waals surface area contributed by atoms with Gasteiger partial charge in [-0.3, -0.25) is 5.10 Å². The van der Waals surface area contributed by atoms with Crippen LogP contribution in [0.5, 0.6) is 0 Å². The minimum atomic E-state index is -3.51. The number of rotatable bonds is 7. The largest absolute Gasteiger partial charge is 0.313 e. The molecular formula is C10H18N4O2S. The first-order valence-corrected chi connectivity index (χ1v) is 6.78. The van der Waals surface area contributed by atoms with Crippen molar-refractivity contribution in [3.05, 3.63) is 24.4 Å². The van der Waals surface area contributed by atoms with E-state index < -0.39 is 10.0 Å². The maximum atomic E-state index is 12.1. The number of hydrogen-bond donors (Lipinski definition) is 2. The van der Waals surface area contributed by atoms with Crippen LogP contribution >= 0.6 is 0 Å². The molecule has 0 radical (unpaired) electrons. The summed E-state index contributed by atoms with van der Waals surface area (Å²) in [6.07, 6.45) is 3.06. The van der Waals surface area contributed by atoms with E-state index in [9.17, 15) is 8.42 Å². The first-order valence-electron chi connectivity index (χ1n) is 5.34. The van der Waals surface area contributed by atoms with E-state index in [-0.39, 0.29) is 11.6 Å². The Kier molecular flexibility index (Phi) is 4.86. The van der Waals surface area contributed by atoms with E-state index in [2.05, 4.69) is 22.1 Å². The Morgan fingerprint density at radius 3 is 2.94 bits per heavy atom. The third kappa shape index (κ3) is 3.15. The van der Waals surface area contributed by atoms with Gasteiger partial charge in [0.05, 0.1) is 6.20 Å². The summed E-state index contributed by atoms with van der Waals surface area (Å²) in [5, 5.41) is 9.54. The van der Waals surface area contributed by atoms with Crippen LogP contribution < -0.4 is 5.32 Å². The first-order chi connectivity index (χ1) is 8.04. The summed E-state index contributed by atoms with van der Waals surface area (Å²) in [4.78, 5) is 0. The summed E-state index contributed by atoms with van der Waals surface area (Å²) in [6, 6.07) is 0.